The van der Waals surface area contributed by atoms with Crippen LogP contribution in [0.15, 0.2) is 30.3 Å². The van der Waals surface area contributed by atoms with Gasteiger partial charge in [0.2, 0.25) is 0 Å². The first-order valence-electron chi connectivity index (χ1n) is 8.20. The van der Waals surface area contributed by atoms with E-state index in [1.54, 1.807) is 0 Å². The van der Waals surface area contributed by atoms with Gasteiger partial charge in [-0.05, 0) is 36.8 Å². The average molecular weight is 270 g/mol. The van der Waals surface area contributed by atoms with Gasteiger partial charge in [-0.1, -0.05) is 44.2 Å². The lowest BCUT2D eigenvalue weighted by atomic mass is 9.98. The van der Waals surface area contributed by atoms with E-state index in [9.17, 15) is 0 Å². The highest BCUT2D eigenvalue weighted by atomic mass is 15.3. The van der Waals surface area contributed by atoms with Crippen LogP contribution in [-0.2, 0) is 0 Å². The van der Waals surface area contributed by atoms with Crippen LogP contribution in [0.25, 0.3) is 0 Å². The third kappa shape index (κ3) is 2.10. The number of piperazine rings is 1. The van der Waals surface area contributed by atoms with Gasteiger partial charge in [0, 0.05) is 31.2 Å². The number of nitrogens with zero attached hydrogens (tertiary/aromatic N) is 2. The second-order valence-corrected chi connectivity index (χ2v) is 7.62. The highest BCUT2D eigenvalue weighted by molar-refractivity contribution is 5.22. The highest BCUT2D eigenvalue weighted by Crippen LogP contribution is 2.52. The molecule has 0 amide bonds. The minimum absolute atomic E-state index is 0.536. The largest absolute Gasteiger partial charge is 0.297 e. The van der Waals surface area contributed by atoms with Crippen molar-refractivity contribution in [1.29, 1.82) is 0 Å². The van der Waals surface area contributed by atoms with Crippen LogP contribution in [0.3, 0.4) is 0 Å². The first-order chi connectivity index (χ1) is 9.65. The predicted octanol–water partition coefficient (Wildman–Crippen LogP) is 3.31. The molecule has 20 heavy (non-hydrogen) atoms. The van der Waals surface area contributed by atoms with Gasteiger partial charge in [0.25, 0.3) is 0 Å². The zero-order valence-corrected chi connectivity index (χ0v) is 12.8. The van der Waals surface area contributed by atoms with Crippen LogP contribution in [-0.4, -0.2) is 41.5 Å². The van der Waals surface area contributed by atoms with Crippen LogP contribution in [0.2, 0.25) is 0 Å². The predicted molar refractivity (Wildman–Crippen MR) is 82.7 cm³/mol. The Morgan fingerprint density at radius 3 is 2.55 bits per heavy atom. The minimum atomic E-state index is 0.536. The summed E-state index contributed by atoms with van der Waals surface area (Å²) >= 11 is 0. The van der Waals surface area contributed by atoms with Crippen molar-refractivity contribution in [2.24, 2.45) is 5.41 Å². The van der Waals surface area contributed by atoms with Gasteiger partial charge in [-0.2, -0.15) is 0 Å². The third-order valence-corrected chi connectivity index (χ3v) is 5.77. The summed E-state index contributed by atoms with van der Waals surface area (Å²) < 4.78 is 0. The summed E-state index contributed by atoms with van der Waals surface area (Å²) in [5, 5.41) is 0. The Kier molecular flexibility index (Phi) is 2.94. The van der Waals surface area contributed by atoms with E-state index in [1.807, 2.05) is 0 Å². The Balaban J connectivity index is 1.63. The molecule has 2 saturated heterocycles. The molecule has 0 radical (unpaired) electrons. The fraction of sp³-hybridized carbons (Fsp3) is 0.667. The Morgan fingerprint density at radius 2 is 1.85 bits per heavy atom. The van der Waals surface area contributed by atoms with Crippen molar-refractivity contribution in [1.82, 2.24) is 9.80 Å². The lowest BCUT2D eigenvalue weighted by molar-refractivity contribution is 0.0365. The summed E-state index contributed by atoms with van der Waals surface area (Å²) in [6.07, 6.45) is 4.18. The van der Waals surface area contributed by atoms with Crippen molar-refractivity contribution in [2.45, 2.75) is 51.2 Å². The normalized spacial score (nSPS) is 36.8. The van der Waals surface area contributed by atoms with Gasteiger partial charge in [0.1, 0.15) is 0 Å². The molecule has 3 fully saturated rings. The molecule has 1 aliphatic carbocycles. The molecule has 1 saturated carbocycles. The van der Waals surface area contributed by atoms with Crippen molar-refractivity contribution in [3.8, 4) is 0 Å². The van der Waals surface area contributed by atoms with Gasteiger partial charge in [-0.25, -0.2) is 0 Å². The van der Waals surface area contributed by atoms with E-state index in [2.05, 4.69) is 54.0 Å². The minimum Gasteiger partial charge on any atom is -0.297 e. The van der Waals surface area contributed by atoms with Gasteiger partial charge < -0.3 is 0 Å². The molecular weight excluding hydrogens is 244 g/mol. The molecule has 108 valence electrons. The summed E-state index contributed by atoms with van der Waals surface area (Å²) in [4.78, 5) is 5.57. The maximum absolute atomic E-state index is 2.84. The van der Waals surface area contributed by atoms with Gasteiger partial charge in [-0.3, -0.25) is 9.80 Å². The monoisotopic (exact) mass is 270 g/mol. The molecule has 3 unspecified atom stereocenters. The van der Waals surface area contributed by atoms with Crippen LogP contribution < -0.4 is 0 Å². The molecule has 3 atom stereocenters. The zero-order chi connectivity index (χ0) is 13.7. The lowest BCUT2D eigenvalue weighted by Crippen LogP contribution is -2.53. The van der Waals surface area contributed by atoms with Crippen LogP contribution >= 0.6 is 0 Å². The molecule has 3 aliphatic rings. The molecule has 1 aromatic rings. The number of benzene rings is 1. The van der Waals surface area contributed by atoms with Crippen molar-refractivity contribution in [2.75, 3.05) is 19.6 Å². The summed E-state index contributed by atoms with van der Waals surface area (Å²) in [6, 6.07) is 13.4. The van der Waals surface area contributed by atoms with Crippen LogP contribution in [0, 0.1) is 5.41 Å². The number of rotatable bonds is 2. The van der Waals surface area contributed by atoms with Gasteiger partial charge in [0.15, 0.2) is 0 Å². The number of fused-ring (bicyclic) bond motifs is 1. The molecule has 0 bridgehead atoms. The van der Waals surface area contributed by atoms with E-state index in [0.717, 1.165) is 12.1 Å². The second-order valence-electron chi connectivity index (χ2n) is 7.62. The molecule has 2 heteroatoms. The fourth-order valence-corrected chi connectivity index (χ4v) is 4.36. The van der Waals surface area contributed by atoms with Crippen molar-refractivity contribution < 1.29 is 0 Å². The molecular formula is C18H26N2. The first-order valence-corrected chi connectivity index (χ1v) is 8.20. The van der Waals surface area contributed by atoms with Gasteiger partial charge in [0.05, 0.1) is 0 Å². The maximum Gasteiger partial charge on any atom is 0.0479 e. The zero-order valence-electron chi connectivity index (χ0n) is 12.8. The fourth-order valence-electron chi connectivity index (χ4n) is 4.36. The molecule has 2 heterocycles. The lowest BCUT2D eigenvalue weighted by Gasteiger charge is -2.45. The van der Waals surface area contributed by atoms with Crippen molar-refractivity contribution >= 4 is 0 Å². The summed E-state index contributed by atoms with van der Waals surface area (Å²) in [5.41, 5.74) is 2.05. The topological polar surface area (TPSA) is 6.48 Å². The molecule has 4 rings (SSSR count). The first kappa shape index (κ1) is 12.8. The number of hydrogen-bond acceptors (Lipinski definition) is 2. The number of hydrogen-bond donors (Lipinski definition) is 0. The molecule has 1 aromatic carbocycles. The highest BCUT2D eigenvalue weighted by Gasteiger charge is 2.53. The molecule has 0 N–H and O–H groups in total. The van der Waals surface area contributed by atoms with Gasteiger partial charge >= 0.3 is 0 Å². The van der Waals surface area contributed by atoms with Crippen LogP contribution in [0.1, 0.15) is 44.7 Å². The quantitative estimate of drug-likeness (QED) is 0.813. The van der Waals surface area contributed by atoms with E-state index in [4.69, 9.17) is 0 Å². The van der Waals surface area contributed by atoms with Crippen LogP contribution in [0.5, 0.6) is 0 Å². The van der Waals surface area contributed by atoms with Crippen molar-refractivity contribution in [3.05, 3.63) is 35.9 Å². The van der Waals surface area contributed by atoms with E-state index >= 15 is 0 Å². The Bertz CT molecular complexity index is 481. The Hall–Kier alpha value is -0.860. The molecule has 2 nitrogen and oxygen atoms in total. The Morgan fingerprint density at radius 1 is 1.10 bits per heavy atom. The van der Waals surface area contributed by atoms with Gasteiger partial charge in [-0.15, -0.1) is 0 Å². The van der Waals surface area contributed by atoms with E-state index in [0.29, 0.717) is 11.5 Å². The summed E-state index contributed by atoms with van der Waals surface area (Å²) in [6.45, 7) is 8.70. The summed E-state index contributed by atoms with van der Waals surface area (Å²) in [5.74, 6) is 0. The van der Waals surface area contributed by atoms with E-state index in [1.165, 1.54) is 44.5 Å². The maximum atomic E-state index is 2.84. The summed E-state index contributed by atoms with van der Waals surface area (Å²) in [7, 11) is 0. The average Bonchev–Trinajstić information content (AvgIpc) is 2.87. The molecule has 2 aliphatic heterocycles. The standard InChI is InChI=1S/C18H26N2/c1-18(2)11-17(18)20-12-15-9-6-10-19(15)13-16(20)14-7-4-3-5-8-14/h3-5,7-8,15-17H,6,9-13H2,1-2H3. The second kappa shape index (κ2) is 4.57. The van der Waals surface area contributed by atoms with Crippen LogP contribution in [0.4, 0.5) is 0 Å². The SMILES string of the molecule is CC1(C)CC1N1CC2CCCN2CC1c1ccccc1. The smallest absolute Gasteiger partial charge is 0.0479 e. The van der Waals surface area contributed by atoms with E-state index < -0.39 is 0 Å². The molecule has 0 spiro atoms. The van der Waals surface area contributed by atoms with E-state index in [-0.39, 0.29) is 0 Å². The Labute approximate surface area is 122 Å². The molecule has 0 aromatic heterocycles. The third-order valence-electron chi connectivity index (χ3n) is 5.77. The van der Waals surface area contributed by atoms with Crippen molar-refractivity contribution in [3.63, 3.8) is 0 Å².